The molecular weight excluding hydrogens is 309 g/mol. The van der Waals surface area contributed by atoms with Crippen molar-refractivity contribution in [2.45, 2.75) is 12.8 Å². The first-order chi connectivity index (χ1) is 10.1. The normalized spacial score (nSPS) is 13.4. The molecule has 2 aromatic rings. The molecule has 0 radical (unpaired) electrons. The second kappa shape index (κ2) is 5.58. The van der Waals surface area contributed by atoms with Crippen molar-refractivity contribution in [3.05, 3.63) is 57.1 Å². The number of carbonyl (C=O) groups excluding carboxylic acids is 1. The van der Waals surface area contributed by atoms with Crippen LogP contribution < -0.4 is 10.5 Å². The van der Waals surface area contributed by atoms with Crippen LogP contribution in [-0.4, -0.2) is 12.4 Å². The number of benzene rings is 2. The molecule has 0 saturated heterocycles. The fraction of sp³-hybridized carbons (Fsp3) is 0.188. The van der Waals surface area contributed by atoms with Gasteiger partial charge in [0.2, 0.25) is 0 Å². The van der Waals surface area contributed by atoms with Crippen molar-refractivity contribution in [2.75, 3.05) is 12.3 Å². The third-order valence-electron chi connectivity index (χ3n) is 3.49. The number of nitrogen functional groups attached to an aromatic ring is 1. The van der Waals surface area contributed by atoms with E-state index >= 15 is 0 Å². The van der Waals surface area contributed by atoms with E-state index in [1.165, 1.54) is 0 Å². The molecule has 0 spiro atoms. The van der Waals surface area contributed by atoms with Crippen molar-refractivity contribution >= 4 is 34.7 Å². The fourth-order valence-electron chi connectivity index (χ4n) is 2.41. The molecule has 0 saturated carbocycles. The molecule has 0 aromatic heterocycles. The molecule has 0 bridgehead atoms. The second-order valence-electron chi connectivity index (χ2n) is 4.96. The van der Waals surface area contributed by atoms with Gasteiger partial charge in [-0.15, -0.1) is 0 Å². The summed E-state index contributed by atoms with van der Waals surface area (Å²) in [5.41, 5.74) is 8.14. The van der Waals surface area contributed by atoms with Gasteiger partial charge in [0, 0.05) is 11.1 Å². The van der Waals surface area contributed by atoms with Gasteiger partial charge >= 0.3 is 0 Å². The topological polar surface area (TPSA) is 52.3 Å². The molecule has 108 valence electrons. The Kier molecular flexibility index (Phi) is 3.79. The Balaban J connectivity index is 1.99. The maximum atomic E-state index is 12.5. The van der Waals surface area contributed by atoms with E-state index < -0.39 is 0 Å². The van der Waals surface area contributed by atoms with Gasteiger partial charge in [-0.3, -0.25) is 4.79 Å². The van der Waals surface area contributed by atoms with E-state index in [-0.39, 0.29) is 15.8 Å². The highest BCUT2D eigenvalue weighted by Gasteiger charge is 2.17. The average molecular weight is 322 g/mol. The van der Waals surface area contributed by atoms with Crippen LogP contribution in [0.2, 0.25) is 10.0 Å². The minimum atomic E-state index is -0.131. The van der Waals surface area contributed by atoms with E-state index in [0.717, 1.165) is 30.8 Å². The zero-order valence-corrected chi connectivity index (χ0v) is 12.7. The van der Waals surface area contributed by atoms with Gasteiger partial charge in [-0.25, -0.2) is 0 Å². The second-order valence-corrected chi connectivity index (χ2v) is 5.75. The van der Waals surface area contributed by atoms with Crippen molar-refractivity contribution in [3.63, 3.8) is 0 Å². The Hall–Kier alpha value is -1.71. The average Bonchev–Trinajstić information content (AvgIpc) is 2.51. The molecule has 0 unspecified atom stereocenters. The van der Waals surface area contributed by atoms with Crippen LogP contribution in [0, 0.1) is 0 Å². The first-order valence-corrected chi connectivity index (χ1v) is 7.37. The van der Waals surface area contributed by atoms with Crippen molar-refractivity contribution in [1.29, 1.82) is 0 Å². The highest BCUT2D eigenvalue weighted by Crippen LogP contribution is 2.31. The number of ketones is 1. The molecule has 5 heteroatoms. The minimum Gasteiger partial charge on any atom is -0.493 e. The Bertz CT molecular complexity index is 705. The van der Waals surface area contributed by atoms with E-state index in [9.17, 15) is 4.79 Å². The smallest absolute Gasteiger partial charge is 0.193 e. The molecule has 3 nitrogen and oxygen atoms in total. The number of hydrogen-bond donors (Lipinski definition) is 1. The van der Waals surface area contributed by atoms with E-state index in [1.54, 1.807) is 18.2 Å². The summed E-state index contributed by atoms with van der Waals surface area (Å²) in [6.07, 6.45) is 1.88. The molecule has 0 aliphatic carbocycles. The summed E-state index contributed by atoms with van der Waals surface area (Å²) in [5.74, 6) is 0.722. The third kappa shape index (κ3) is 2.71. The number of nitrogens with two attached hydrogens (primary N) is 1. The van der Waals surface area contributed by atoms with Crippen LogP contribution in [0.4, 0.5) is 5.69 Å². The predicted molar refractivity (Wildman–Crippen MR) is 84.6 cm³/mol. The number of fused-ring (bicyclic) bond motifs is 1. The largest absolute Gasteiger partial charge is 0.493 e. The summed E-state index contributed by atoms with van der Waals surface area (Å²) in [7, 11) is 0. The van der Waals surface area contributed by atoms with Gasteiger partial charge < -0.3 is 10.5 Å². The van der Waals surface area contributed by atoms with Crippen LogP contribution >= 0.6 is 23.2 Å². The molecule has 21 heavy (non-hydrogen) atoms. The van der Waals surface area contributed by atoms with E-state index in [0.29, 0.717) is 16.8 Å². The zero-order valence-electron chi connectivity index (χ0n) is 11.2. The quantitative estimate of drug-likeness (QED) is 0.668. The molecule has 2 aromatic carbocycles. The van der Waals surface area contributed by atoms with E-state index in [1.807, 2.05) is 12.1 Å². The number of rotatable bonds is 2. The Morgan fingerprint density at radius 3 is 2.71 bits per heavy atom. The number of aryl methyl sites for hydroxylation is 1. The number of halogens is 2. The molecule has 0 fully saturated rings. The molecule has 2 N–H and O–H groups in total. The summed E-state index contributed by atoms with van der Waals surface area (Å²) in [4.78, 5) is 12.5. The summed E-state index contributed by atoms with van der Waals surface area (Å²) >= 11 is 11.9. The van der Waals surface area contributed by atoms with Crippen molar-refractivity contribution in [2.24, 2.45) is 0 Å². The lowest BCUT2D eigenvalue weighted by molar-refractivity contribution is 0.103. The Labute approximate surface area is 132 Å². The number of anilines is 1. The van der Waals surface area contributed by atoms with E-state index in [2.05, 4.69) is 0 Å². The summed E-state index contributed by atoms with van der Waals surface area (Å²) in [5, 5.41) is 0.549. The van der Waals surface area contributed by atoms with Gasteiger partial charge in [0.15, 0.2) is 5.78 Å². The summed E-state index contributed by atoms with van der Waals surface area (Å²) in [6, 6.07) is 8.55. The zero-order chi connectivity index (χ0) is 15.0. The lowest BCUT2D eigenvalue weighted by atomic mass is 9.98. The van der Waals surface area contributed by atoms with Crippen LogP contribution in [-0.2, 0) is 6.42 Å². The monoisotopic (exact) mass is 321 g/mol. The fourth-order valence-corrected chi connectivity index (χ4v) is 2.75. The maximum absolute atomic E-state index is 12.5. The molecule has 1 heterocycles. The number of hydrogen-bond acceptors (Lipinski definition) is 3. The van der Waals surface area contributed by atoms with Crippen LogP contribution in [0.1, 0.15) is 27.9 Å². The van der Waals surface area contributed by atoms with Crippen molar-refractivity contribution in [3.8, 4) is 5.75 Å². The first-order valence-electron chi connectivity index (χ1n) is 6.61. The lowest BCUT2D eigenvalue weighted by Crippen LogP contribution is -2.10. The van der Waals surface area contributed by atoms with Crippen molar-refractivity contribution in [1.82, 2.24) is 0 Å². The Morgan fingerprint density at radius 2 is 1.95 bits per heavy atom. The number of carbonyl (C=O) groups is 1. The lowest BCUT2D eigenvalue weighted by Gasteiger charge is -2.17. The van der Waals surface area contributed by atoms with Crippen LogP contribution in [0.5, 0.6) is 5.75 Å². The minimum absolute atomic E-state index is 0.131. The Morgan fingerprint density at radius 1 is 1.14 bits per heavy atom. The molecule has 0 amide bonds. The predicted octanol–water partition coefficient (Wildman–Crippen LogP) is 4.13. The third-order valence-corrected chi connectivity index (χ3v) is 4.31. The standard InChI is InChI=1S/C16H13Cl2NO2/c17-12-7-11(8-13(19)15(12)18)16(20)10-3-4-14-9(6-10)2-1-5-21-14/h3-4,6-8H,1-2,5,19H2. The van der Waals surface area contributed by atoms with Crippen LogP contribution in [0.15, 0.2) is 30.3 Å². The summed E-state index contributed by atoms with van der Waals surface area (Å²) in [6.45, 7) is 0.726. The van der Waals surface area contributed by atoms with Gasteiger partial charge in [-0.1, -0.05) is 23.2 Å². The van der Waals surface area contributed by atoms with Gasteiger partial charge in [-0.05, 0) is 48.7 Å². The SMILES string of the molecule is Nc1cc(C(=O)c2ccc3c(c2)CCCO3)cc(Cl)c1Cl. The molecule has 1 aliphatic heterocycles. The number of ether oxygens (including phenoxy) is 1. The maximum Gasteiger partial charge on any atom is 0.193 e. The highest BCUT2D eigenvalue weighted by atomic mass is 35.5. The molecule has 1 aliphatic rings. The molecule has 0 atom stereocenters. The highest BCUT2D eigenvalue weighted by molar-refractivity contribution is 6.44. The first kappa shape index (κ1) is 14.2. The van der Waals surface area contributed by atoms with E-state index in [4.69, 9.17) is 33.7 Å². The van der Waals surface area contributed by atoms with Crippen LogP contribution in [0.3, 0.4) is 0 Å². The molecule has 3 rings (SSSR count). The van der Waals surface area contributed by atoms with Gasteiger partial charge in [0.05, 0.1) is 22.3 Å². The summed E-state index contributed by atoms with van der Waals surface area (Å²) < 4.78 is 5.55. The van der Waals surface area contributed by atoms with Gasteiger partial charge in [0.25, 0.3) is 0 Å². The van der Waals surface area contributed by atoms with Gasteiger partial charge in [0.1, 0.15) is 5.75 Å². The molecular formula is C16H13Cl2NO2. The van der Waals surface area contributed by atoms with Crippen molar-refractivity contribution < 1.29 is 9.53 Å². The van der Waals surface area contributed by atoms with Gasteiger partial charge in [-0.2, -0.15) is 0 Å². The van der Waals surface area contributed by atoms with Crippen LogP contribution in [0.25, 0.3) is 0 Å².